The number of likely N-dealkylation sites (tertiary alicyclic amines) is 1. The van der Waals surface area contributed by atoms with Gasteiger partial charge in [-0.1, -0.05) is 24.3 Å². The number of aliphatic imine (C=N–C) groups is 1. The van der Waals surface area contributed by atoms with Crippen molar-refractivity contribution >= 4 is 11.9 Å². The summed E-state index contributed by atoms with van der Waals surface area (Å²) < 4.78 is 0. The van der Waals surface area contributed by atoms with Crippen molar-refractivity contribution in [2.45, 2.75) is 65.7 Å². The van der Waals surface area contributed by atoms with E-state index in [1.807, 2.05) is 4.90 Å². The van der Waals surface area contributed by atoms with Gasteiger partial charge in [-0.25, -0.2) is 0 Å². The summed E-state index contributed by atoms with van der Waals surface area (Å²) >= 11 is 0. The molecule has 1 aliphatic heterocycles. The lowest BCUT2D eigenvalue weighted by molar-refractivity contribution is -0.128. The lowest BCUT2D eigenvalue weighted by atomic mass is 10.1. The minimum absolute atomic E-state index is 0.268. The van der Waals surface area contributed by atoms with Crippen molar-refractivity contribution in [3.8, 4) is 0 Å². The standard InChI is InChI=1S/C22H37N5O/c1-17(2)27(18(3)4)13-11-24-22(23-5)25-15-19-8-6-9-20(14-19)16-26-12-7-10-21(26)28/h6,8-9,14,17-18H,7,10-13,15-16H2,1-5H3,(H2,23,24,25). The monoisotopic (exact) mass is 387 g/mol. The average Bonchev–Trinajstić information content (AvgIpc) is 3.05. The third kappa shape index (κ3) is 6.82. The number of carbonyl (C=O) groups is 1. The highest BCUT2D eigenvalue weighted by molar-refractivity contribution is 5.79. The number of hydrogen-bond donors (Lipinski definition) is 2. The van der Waals surface area contributed by atoms with E-state index in [4.69, 9.17) is 0 Å². The second-order valence-electron chi connectivity index (χ2n) is 8.02. The fourth-order valence-electron chi connectivity index (χ4n) is 3.75. The zero-order valence-corrected chi connectivity index (χ0v) is 18.2. The van der Waals surface area contributed by atoms with Gasteiger partial charge in [0, 0.05) is 58.3 Å². The lowest BCUT2D eigenvalue weighted by Crippen LogP contribution is -2.45. The van der Waals surface area contributed by atoms with Gasteiger partial charge in [-0.15, -0.1) is 0 Å². The summed E-state index contributed by atoms with van der Waals surface area (Å²) in [6.45, 7) is 13.1. The summed E-state index contributed by atoms with van der Waals surface area (Å²) in [6, 6.07) is 9.49. The highest BCUT2D eigenvalue weighted by Gasteiger charge is 2.20. The van der Waals surface area contributed by atoms with Crippen LogP contribution in [0.15, 0.2) is 29.3 Å². The predicted octanol–water partition coefficient (Wildman–Crippen LogP) is 2.59. The third-order valence-electron chi connectivity index (χ3n) is 5.21. The molecule has 1 aliphatic rings. The molecule has 2 N–H and O–H groups in total. The molecule has 156 valence electrons. The first-order chi connectivity index (χ1) is 13.4. The molecule has 1 aromatic rings. The summed E-state index contributed by atoms with van der Waals surface area (Å²) in [5.74, 6) is 1.08. The highest BCUT2D eigenvalue weighted by Crippen LogP contribution is 2.15. The molecule has 0 spiro atoms. The van der Waals surface area contributed by atoms with Gasteiger partial charge in [0.2, 0.25) is 5.91 Å². The second kappa shape index (κ2) is 11.1. The number of rotatable bonds is 9. The molecule has 0 aliphatic carbocycles. The van der Waals surface area contributed by atoms with Crippen LogP contribution in [0.1, 0.15) is 51.7 Å². The maximum atomic E-state index is 11.8. The van der Waals surface area contributed by atoms with Gasteiger partial charge in [-0.2, -0.15) is 0 Å². The lowest BCUT2D eigenvalue weighted by Gasteiger charge is -2.30. The summed E-state index contributed by atoms with van der Waals surface area (Å²) in [7, 11) is 1.80. The fourth-order valence-corrected chi connectivity index (χ4v) is 3.75. The zero-order valence-electron chi connectivity index (χ0n) is 18.2. The number of amides is 1. The van der Waals surface area contributed by atoms with E-state index >= 15 is 0 Å². The van der Waals surface area contributed by atoms with Crippen molar-refractivity contribution in [2.75, 3.05) is 26.7 Å². The largest absolute Gasteiger partial charge is 0.355 e. The summed E-state index contributed by atoms with van der Waals surface area (Å²) in [5, 5.41) is 6.79. The van der Waals surface area contributed by atoms with Crippen LogP contribution in [-0.2, 0) is 17.9 Å². The topological polar surface area (TPSA) is 60.0 Å². The molecule has 0 bridgehead atoms. The van der Waals surface area contributed by atoms with Gasteiger partial charge in [0.05, 0.1) is 0 Å². The zero-order chi connectivity index (χ0) is 20.5. The van der Waals surface area contributed by atoms with Crippen LogP contribution in [0.2, 0.25) is 0 Å². The van der Waals surface area contributed by atoms with Crippen molar-refractivity contribution in [3.63, 3.8) is 0 Å². The number of carbonyl (C=O) groups excluding carboxylic acids is 1. The molecule has 1 fully saturated rings. The summed E-state index contributed by atoms with van der Waals surface area (Å²) in [6.07, 6.45) is 1.67. The Balaban J connectivity index is 1.81. The quantitative estimate of drug-likeness (QED) is 0.505. The van der Waals surface area contributed by atoms with Crippen molar-refractivity contribution in [2.24, 2.45) is 4.99 Å². The summed E-state index contributed by atoms with van der Waals surface area (Å²) in [5.41, 5.74) is 2.38. The van der Waals surface area contributed by atoms with Crippen molar-refractivity contribution < 1.29 is 4.79 Å². The maximum Gasteiger partial charge on any atom is 0.222 e. The molecule has 0 radical (unpaired) electrons. The molecule has 2 rings (SSSR count). The predicted molar refractivity (Wildman–Crippen MR) is 116 cm³/mol. The molecule has 0 aromatic heterocycles. The minimum atomic E-state index is 0.268. The van der Waals surface area contributed by atoms with Gasteiger partial charge in [0.15, 0.2) is 5.96 Å². The number of guanidine groups is 1. The molecular weight excluding hydrogens is 350 g/mol. The summed E-state index contributed by atoms with van der Waals surface area (Å²) in [4.78, 5) is 20.6. The van der Waals surface area contributed by atoms with Gasteiger partial charge in [0.25, 0.3) is 0 Å². The number of nitrogens with zero attached hydrogens (tertiary/aromatic N) is 3. The van der Waals surface area contributed by atoms with E-state index in [0.29, 0.717) is 31.6 Å². The van der Waals surface area contributed by atoms with E-state index in [9.17, 15) is 4.79 Å². The Hall–Kier alpha value is -2.08. The molecule has 0 saturated carbocycles. The molecule has 1 amide bonds. The van der Waals surface area contributed by atoms with E-state index in [0.717, 1.165) is 32.0 Å². The van der Waals surface area contributed by atoms with Crippen LogP contribution in [0.4, 0.5) is 0 Å². The Morgan fingerprint density at radius 1 is 1.18 bits per heavy atom. The smallest absolute Gasteiger partial charge is 0.222 e. The maximum absolute atomic E-state index is 11.8. The van der Waals surface area contributed by atoms with Gasteiger partial charge in [0.1, 0.15) is 0 Å². The number of benzene rings is 1. The van der Waals surface area contributed by atoms with Crippen LogP contribution in [-0.4, -0.2) is 60.4 Å². The molecule has 28 heavy (non-hydrogen) atoms. The third-order valence-corrected chi connectivity index (χ3v) is 5.21. The van der Waals surface area contributed by atoms with E-state index in [2.05, 4.69) is 72.5 Å². The van der Waals surface area contributed by atoms with Crippen LogP contribution in [0, 0.1) is 0 Å². The first-order valence-corrected chi connectivity index (χ1v) is 10.5. The van der Waals surface area contributed by atoms with Crippen LogP contribution < -0.4 is 10.6 Å². The van der Waals surface area contributed by atoms with E-state index in [-0.39, 0.29) is 5.91 Å². The SMILES string of the molecule is CN=C(NCCN(C(C)C)C(C)C)NCc1cccc(CN2CCCC2=O)c1. The molecule has 1 heterocycles. The molecule has 6 heteroatoms. The molecule has 1 saturated heterocycles. The highest BCUT2D eigenvalue weighted by atomic mass is 16.2. The second-order valence-corrected chi connectivity index (χ2v) is 8.02. The molecule has 6 nitrogen and oxygen atoms in total. The van der Waals surface area contributed by atoms with Crippen LogP contribution in [0.5, 0.6) is 0 Å². The van der Waals surface area contributed by atoms with Gasteiger partial charge >= 0.3 is 0 Å². The molecular formula is C22H37N5O. The first-order valence-electron chi connectivity index (χ1n) is 10.5. The van der Waals surface area contributed by atoms with E-state index in [1.54, 1.807) is 7.05 Å². The molecule has 1 aromatic carbocycles. The van der Waals surface area contributed by atoms with E-state index in [1.165, 1.54) is 11.1 Å². The van der Waals surface area contributed by atoms with Crippen molar-refractivity contribution in [1.29, 1.82) is 0 Å². The number of nitrogens with one attached hydrogen (secondary N) is 2. The van der Waals surface area contributed by atoms with Crippen LogP contribution >= 0.6 is 0 Å². The Labute approximate surface area is 170 Å². The Morgan fingerprint density at radius 2 is 1.89 bits per heavy atom. The van der Waals surface area contributed by atoms with Gasteiger partial charge < -0.3 is 15.5 Å². The van der Waals surface area contributed by atoms with Crippen LogP contribution in [0.3, 0.4) is 0 Å². The number of hydrogen-bond acceptors (Lipinski definition) is 3. The Morgan fingerprint density at radius 3 is 2.50 bits per heavy atom. The van der Waals surface area contributed by atoms with Crippen LogP contribution in [0.25, 0.3) is 0 Å². The van der Waals surface area contributed by atoms with Crippen molar-refractivity contribution in [1.82, 2.24) is 20.4 Å². The average molecular weight is 388 g/mol. The van der Waals surface area contributed by atoms with Gasteiger partial charge in [-0.3, -0.25) is 14.7 Å². The Kier molecular flexibility index (Phi) is 8.77. The molecule has 0 atom stereocenters. The fraction of sp³-hybridized carbons (Fsp3) is 0.636. The first kappa shape index (κ1) is 22.2. The minimum Gasteiger partial charge on any atom is -0.355 e. The normalized spacial score (nSPS) is 15.2. The molecule has 0 unspecified atom stereocenters. The van der Waals surface area contributed by atoms with Crippen molar-refractivity contribution in [3.05, 3.63) is 35.4 Å². The van der Waals surface area contributed by atoms with E-state index < -0.39 is 0 Å². The Bertz CT molecular complexity index is 648. The van der Waals surface area contributed by atoms with Gasteiger partial charge in [-0.05, 0) is 45.2 Å².